The Hall–Kier alpha value is -2.42. The highest BCUT2D eigenvalue weighted by Crippen LogP contribution is 2.25. The van der Waals surface area contributed by atoms with Gasteiger partial charge >= 0.3 is 0 Å². The molecule has 0 aliphatic carbocycles. The molecule has 0 fully saturated rings. The van der Waals surface area contributed by atoms with Crippen molar-refractivity contribution < 1.29 is 18.0 Å². The Bertz CT molecular complexity index is 1060. The third-order valence-electron chi connectivity index (χ3n) is 3.84. The van der Waals surface area contributed by atoms with Crippen LogP contribution >= 0.6 is 11.6 Å². The molecule has 0 bridgehead atoms. The van der Waals surface area contributed by atoms with Crippen molar-refractivity contribution in [1.29, 1.82) is 0 Å². The summed E-state index contributed by atoms with van der Waals surface area (Å²) in [5.41, 5.74) is 0.417. The number of rotatable bonds is 6. The number of carbonyl (C=O) groups excluding carboxylic acids is 2. The minimum atomic E-state index is -3.92. The Labute approximate surface area is 182 Å². The fourth-order valence-corrected chi connectivity index (χ4v) is 4.42. The van der Waals surface area contributed by atoms with Gasteiger partial charge in [-0.25, -0.2) is 13.1 Å². The maximum atomic E-state index is 12.7. The molecule has 0 aliphatic heterocycles. The number of amides is 2. The van der Waals surface area contributed by atoms with Gasteiger partial charge in [0.2, 0.25) is 15.9 Å². The Balaban J connectivity index is 2.26. The molecule has 2 amide bonds. The maximum absolute atomic E-state index is 12.7. The lowest BCUT2D eigenvalue weighted by Gasteiger charge is -2.21. The van der Waals surface area contributed by atoms with E-state index < -0.39 is 21.5 Å². The second-order valence-corrected chi connectivity index (χ2v) is 10.2. The summed E-state index contributed by atoms with van der Waals surface area (Å²) >= 11 is 6.08. The molecule has 30 heavy (non-hydrogen) atoms. The molecule has 0 atom stereocenters. The van der Waals surface area contributed by atoms with Crippen LogP contribution < -0.4 is 15.4 Å². The lowest BCUT2D eigenvalue weighted by molar-refractivity contribution is -0.118. The molecule has 2 aromatic rings. The SMILES string of the molecule is CC(C)C(=O)Nc1cccc(NC(=O)c2ccc(Cl)c(S(=O)(=O)NC(C)(C)C)c2)c1. The van der Waals surface area contributed by atoms with Crippen molar-refractivity contribution in [2.24, 2.45) is 5.92 Å². The van der Waals surface area contributed by atoms with Crippen molar-refractivity contribution in [3.05, 3.63) is 53.1 Å². The molecule has 0 radical (unpaired) electrons. The standard InChI is InChI=1S/C21H26ClN3O4S/c1-13(2)19(26)23-15-7-6-8-16(12-15)24-20(27)14-9-10-17(22)18(11-14)30(28,29)25-21(3,4)5/h6-13,25H,1-5H3,(H,23,26)(H,24,27). The van der Waals surface area contributed by atoms with Gasteiger partial charge < -0.3 is 10.6 Å². The summed E-state index contributed by atoms with van der Waals surface area (Å²) in [7, 11) is -3.92. The van der Waals surface area contributed by atoms with Crippen LogP contribution in [-0.4, -0.2) is 25.8 Å². The van der Waals surface area contributed by atoms with Crippen LogP contribution in [0.4, 0.5) is 11.4 Å². The van der Waals surface area contributed by atoms with Crippen LogP contribution in [0.25, 0.3) is 0 Å². The number of hydrogen-bond acceptors (Lipinski definition) is 4. The molecule has 2 rings (SSSR count). The molecule has 0 saturated carbocycles. The average molecular weight is 452 g/mol. The van der Waals surface area contributed by atoms with Crippen molar-refractivity contribution in [2.45, 2.75) is 45.1 Å². The Kier molecular flexibility index (Phi) is 7.28. The molecule has 0 saturated heterocycles. The van der Waals surface area contributed by atoms with Gasteiger partial charge in [-0.3, -0.25) is 9.59 Å². The number of nitrogens with one attached hydrogen (secondary N) is 3. The smallest absolute Gasteiger partial charge is 0.255 e. The zero-order valence-electron chi connectivity index (χ0n) is 17.5. The third-order valence-corrected chi connectivity index (χ3v) is 6.08. The molecule has 0 aromatic heterocycles. The second-order valence-electron chi connectivity index (χ2n) is 8.18. The van der Waals surface area contributed by atoms with Crippen molar-refractivity contribution in [2.75, 3.05) is 10.6 Å². The largest absolute Gasteiger partial charge is 0.326 e. The van der Waals surface area contributed by atoms with E-state index in [-0.39, 0.29) is 27.3 Å². The molecular weight excluding hydrogens is 426 g/mol. The van der Waals surface area contributed by atoms with Crippen molar-refractivity contribution in [3.63, 3.8) is 0 Å². The van der Waals surface area contributed by atoms with E-state index in [1.54, 1.807) is 58.9 Å². The van der Waals surface area contributed by atoms with E-state index in [0.717, 1.165) is 0 Å². The van der Waals surface area contributed by atoms with Crippen LogP contribution in [0, 0.1) is 5.92 Å². The van der Waals surface area contributed by atoms with Gasteiger partial charge in [-0.15, -0.1) is 0 Å². The zero-order valence-corrected chi connectivity index (χ0v) is 19.1. The number of anilines is 2. The predicted molar refractivity (Wildman–Crippen MR) is 119 cm³/mol. The van der Waals surface area contributed by atoms with E-state index in [2.05, 4.69) is 15.4 Å². The van der Waals surface area contributed by atoms with Crippen LogP contribution in [0.3, 0.4) is 0 Å². The minimum Gasteiger partial charge on any atom is -0.326 e. The van der Waals surface area contributed by atoms with Crippen molar-refractivity contribution in [3.8, 4) is 0 Å². The number of benzene rings is 2. The highest BCUT2D eigenvalue weighted by Gasteiger charge is 2.25. The van der Waals surface area contributed by atoms with Gasteiger partial charge in [0, 0.05) is 28.4 Å². The first-order valence-corrected chi connectivity index (χ1v) is 11.2. The lowest BCUT2D eigenvalue weighted by Crippen LogP contribution is -2.40. The van der Waals surface area contributed by atoms with Gasteiger partial charge in [0.1, 0.15) is 4.90 Å². The summed E-state index contributed by atoms with van der Waals surface area (Å²) in [5.74, 6) is -0.831. The fourth-order valence-electron chi connectivity index (χ4n) is 2.47. The topological polar surface area (TPSA) is 104 Å². The monoisotopic (exact) mass is 451 g/mol. The van der Waals surface area contributed by atoms with Crippen LogP contribution in [-0.2, 0) is 14.8 Å². The number of carbonyl (C=O) groups is 2. The minimum absolute atomic E-state index is 0.0155. The molecule has 0 aliphatic rings. The summed E-state index contributed by atoms with van der Waals surface area (Å²) < 4.78 is 27.8. The molecule has 162 valence electrons. The fraction of sp³-hybridized carbons (Fsp3) is 0.333. The zero-order chi connectivity index (χ0) is 22.7. The van der Waals surface area contributed by atoms with Gasteiger partial charge in [0.05, 0.1) is 5.02 Å². The molecule has 0 heterocycles. The van der Waals surface area contributed by atoms with Gasteiger partial charge in [0.15, 0.2) is 0 Å². The van der Waals surface area contributed by atoms with Gasteiger partial charge in [-0.1, -0.05) is 31.5 Å². The third kappa shape index (κ3) is 6.55. The highest BCUT2D eigenvalue weighted by molar-refractivity contribution is 7.89. The van der Waals surface area contributed by atoms with E-state index in [1.165, 1.54) is 18.2 Å². The summed E-state index contributed by atoms with van der Waals surface area (Å²) in [6.45, 7) is 8.68. The predicted octanol–water partition coefficient (Wildman–Crippen LogP) is 4.26. The van der Waals surface area contributed by atoms with Gasteiger partial charge in [0.25, 0.3) is 5.91 Å². The van der Waals surface area contributed by atoms with Crippen molar-refractivity contribution >= 4 is 44.8 Å². The Morgan fingerprint density at radius 2 is 1.57 bits per heavy atom. The number of halogens is 1. The van der Waals surface area contributed by atoms with Crippen LogP contribution in [0.15, 0.2) is 47.4 Å². The summed E-state index contributed by atoms with van der Waals surface area (Å²) in [4.78, 5) is 24.4. The van der Waals surface area contributed by atoms with Crippen LogP contribution in [0.5, 0.6) is 0 Å². The Morgan fingerprint density at radius 3 is 2.13 bits per heavy atom. The normalized spacial score (nSPS) is 12.0. The molecule has 0 spiro atoms. The summed E-state index contributed by atoms with van der Waals surface area (Å²) in [6.07, 6.45) is 0. The van der Waals surface area contributed by atoms with E-state index >= 15 is 0 Å². The maximum Gasteiger partial charge on any atom is 0.255 e. The molecule has 0 unspecified atom stereocenters. The first kappa shape index (κ1) is 23.9. The Morgan fingerprint density at radius 1 is 0.967 bits per heavy atom. The molecule has 2 aromatic carbocycles. The first-order valence-electron chi connectivity index (χ1n) is 9.34. The average Bonchev–Trinajstić information content (AvgIpc) is 2.60. The molecule has 3 N–H and O–H groups in total. The number of hydrogen-bond donors (Lipinski definition) is 3. The summed E-state index contributed by atoms with van der Waals surface area (Å²) in [6, 6.07) is 10.7. The van der Waals surface area contributed by atoms with E-state index in [0.29, 0.717) is 11.4 Å². The van der Waals surface area contributed by atoms with Crippen molar-refractivity contribution in [1.82, 2.24) is 4.72 Å². The van der Waals surface area contributed by atoms with Gasteiger partial charge in [-0.2, -0.15) is 0 Å². The number of sulfonamides is 1. The summed E-state index contributed by atoms with van der Waals surface area (Å²) in [5, 5.41) is 5.47. The first-order chi connectivity index (χ1) is 13.8. The van der Waals surface area contributed by atoms with Gasteiger partial charge in [-0.05, 0) is 57.2 Å². The second kappa shape index (κ2) is 9.16. The molecular formula is C21H26ClN3O4S. The van der Waals surface area contributed by atoms with Crippen LogP contribution in [0.2, 0.25) is 5.02 Å². The lowest BCUT2D eigenvalue weighted by atomic mass is 10.1. The molecule has 7 nitrogen and oxygen atoms in total. The van der Waals surface area contributed by atoms with Crippen LogP contribution in [0.1, 0.15) is 45.0 Å². The van der Waals surface area contributed by atoms with E-state index in [4.69, 9.17) is 11.6 Å². The van der Waals surface area contributed by atoms with E-state index in [9.17, 15) is 18.0 Å². The quantitative estimate of drug-likeness (QED) is 0.610. The highest BCUT2D eigenvalue weighted by atomic mass is 35.5. The molecule has 9 heteroatoms. The van der Waals surface area contributed by atoms with E-state index in [1.807, 2.05) is 0 Å².